The molecule has 0 saturated carbocycles. The van der Waals surface area contributed by atoms with Gasteiger partial charge < -0.3 is 4.90 Å². The van der Waals surface area contributed by atoms with Crippen molar-refractivity contribution in [2.24, 2.45) is 5.90 Å². The molecule has 1 atom stereocenters. The maximum absolute atomic E-state index is 11.1. The van der Waals surface area contributed by atoms with Crippen LogP contribution in [0, 0.1) is 0 Å². The fraction of sp³-hybridized carbons (Fsp3) is 0.417. The molecule has 1 saturated heterocycles. The maximum Gasteiger partial charge on any atom is 0.159 e. The molecule has 1 unspecified atom stereocenters. The highest BCUT2D eigenvalue weighted by atomic mass is 16.6. The predicted molar refractivity (Wildman–Crippen MR) is 62.3 cm³/mol. The average Bonchev–Trinajstić information content (AvgIpc) is 2.77. The Labute approximate surface area is 94.9 Å². The summed E-state index contributed by atoms with van der Waals surface area (Å²) in [7, 11) is 0. The number of ketones is 1. The van der Waals surface area contributed by atoms with Crippen molar-refractivity contribution in [3.63, 3.8) is 0 Å². The Balaban J connectivity index is 2.08. The van der Waals surface area contributed by atoms with Crippen molar-refractivity contribution < 1.29 is 9.63 Å². The lowest BCUT2D eigenvalue weighted by Gasteiger charge is -2.18. The molecule has 1 aliphatic heterocycles. The van der Waals surface area contributed by atoms with Crippen LogP contribution in [0.15, 0.2) is 24.3 Å². The second kappa shape index (κ2) is 4.63. The average molecular weight is 220 g/mol. The van der Waals surface area contributed by atoms with Gasteiger partial charge in [-0.2, -0.15) is 0 Å². The van der Waals surface area contributed by atoms with Gasteiger partial charge in [-0.15, -0.1) is 0 Å². The van der Waals surface area contributed by atoms with E-state index in [-0.39, 0.29) is 11.9 Å². The number of Topliss-reactive ketones (excluding diaryl/α,β-unsaturated/α-hetero) is 1. The molecule has 2 N–H and O–H groups in total. The lowest BCUT2D eigenvalue weighted by atomic mass is 10.1. The Hall–Kier alpha value is -1.39. The van der Waals surface area contributed by atoms with Crippen molar-refractivity contribution in [2.45, 2.75) is 19.4 Å². The maximum atomic E-state index is 11.1. The quantitative estimate of drug-likeness (QED) is 0.617. The van der Waals surface area contributed by atoms with Crippen LogP contribution in [0.4, 0.5) is 5.69 Å². The number of rotatable bonds is 3. The first-order valence-corrected chi connectivity index (χ1v) is 5.42. The number of carbonyl (C=O) groups is 1. The highest BCUT2D eigenvalue weighted by molar-refractivity contribution is 5.94. The largest absolute Gasteiger partial charge is 0.369 e. The third-order valence-corrected chi connectivity index (χ3v) is 2.98. The molecule has 4 nitrogen and oxygen atoms in total. The van der Waals surface area contributed by atoms with Gasteiger partial charge in [0.05, 0.1) is 6.10 Å². The normalized spacial score (nSPS) is 20.1. The zero-order valence-corrected chi connectivity index (χ0v) is 9.35. The van der Waals surface area contributed by atoms with Crippen LogP contribution < -0.4 is 10.8 Å². The molecule has 1 aromatic carbocycles. The Morgan fingerprint density at radius 2 is 2.12 bits per heavy atom. The van der Waals surface area contributed by atoms with E-state index in [9.17, 15) is 4.79 Å². The zero-order valence-electron chi connectivity index (χ0n) is 9.35. The monoisotopic (exact) mass is 220 g/mol. The first kappa shape index (κ1) is 11.1. The topological polar surface area (TPSA) is 55.6 Å². The molecule has 16 heavy (non-hydrogen) atoms. The van der Waals surface area contributed by atoms with Crippen LogP contribution in [0.5, 0.6) is 0 Å². The van der Waals surface area contributed by atoms with Crippen LogP contribution in [-0.4, -0.2) is 25.0 Å². The van der Waals surface area contributed by atoms with Gasteiger partial charge in [-0.1, -0.05) is 0 Å². The van der Waals surface area contributed by atoms with Gasteiger partial charge in [0.1, 0.15) is 0 Å². The minimum absolute atomic E-state index is 0.0936. The summed E-state index contributed by atoms with van der Waals surface area (Å²) in [6.45, 7) is 3.33. The van der Waals surface area contributed by atoms with E-state index in [1.165, 1.54) is 0 Å². The number of carbonyl (C=O) groups excluding carboxylic acids is 1. The van der Waals surface area contributed by atoms with E-state index >= 15 is 0 Å². The number of hydrogen-bond acceptors (Lipinski definition) is 4. The van der Waals surface area contributed by atoms with Gasteiger partial charge in [0, 0.05) is 24.3 Å². The number of anilines is 1. The zero-order chi connectivity index (χ0) is 11.5. The summed E-state index contributed by atoms with van der Waals surface area (Å²) in [5.74, 6) is 5.26. The van der Waals surface area contributed by atoms with Gasteiger partial charge in [0.15, 0.2) is 5.78 Å². The van der Waals surface area contributed by atoms with Gasteiger partial charge >= 0.3 is 0 Å². The van der Waals surface area contributed by atoms with Gasteiger partial charge in [-0.25, -0.2) is 5.90 Å². The van der Waals surface area contributed by atoms with E-state index in [2.05, 4.69) is 4.90 Å². The van der Waals surface area contributed by atoms with Crippen LogP contribution >= 0.6 is 0 Å². The first-order valence-electron chi connectivity index (χ1n) is 5.42. The van der Waals surface area contributed by atoms with Crippen molar-refractivity contribution in [1.29, 1.82) is 0 Å². The molecule has 1 aliphatic rings. The van der Waals surface area contributed by atoms with E-state index in [1.807, 2.05) is 24.3 Å². The first-order chi connectivity index (χ1) is 7.70. The Morgan fingerprint density at radius 3 is 2.62 bits per heavy atom. The molecule has 2 rings (SSSR count). The number of benzene rings is 1. The van der Waals surface area contributed by atoms with Gasteiger partial charge in [-0.3, -0.25) is 9.63 Å². The minimum atomic E-state index is 0.0936. The molecule has 86 valence electrons. The molecule has 0 bridgehead atoms. The number of hydrogen-bond donors (Lipinski definition) is 1. The lowest BCUT2D eigenvalue weighted by molar-refractivity contribution is 0.0690. The highest BCUT2D eigenvalue weighted by Gasteiger charge is 2.22. The Morgan fingerprint density at radius 1 is 1.44 bits per heavy atom. The van der Waals surface area contributed by atoms with Crippen LogP contribution in [0.25, 0.3) is 0 Å². The van der Waals surface area contributed by atoms with Crippen LogP contribution in [0.2, 0.25) is 0 Å². The fourth-order valence-corrected chi connectivity index (χ4v) is 1.98. The molecule has 0 aliphatic carbocycles. The fourth-order valence-electron chi connectivity index (χ4n) is 1.98. The van der Waals surface area contributed by atoms with Crippen molar-refractivity contribution in [2.75, 3.05) is 18.0 Å². The second-order valence-electron chi connectivity index (χ2n) is 4.10. The summed E-state index contributed by atoms with van der Waals surface area (Å²) in [6, 6.07) is 7.65. The summed E-state index contributed by atoms with van der Waals surface area (Å²) < 4.78 is 0. The highest BCUT2D eigenvalue weighted by Crippen LogP contribution is 2.21. The van der Waals surface area contributed by atoms with Crippen molar-refractivity contribution in [3.05, 3.63) is 29.8 Å². The molecular weight excluding hydrogens is 204 g/mol. The molecule has 0 spiro atoms. The Kier molecular flexibility index (Phi) is 3.22. The van der Waals surface area contributed by atoms with Crippen LogP contribution in [-0.2, 0) is 4.84 Å². The van der Waals surface area contributed by atoms with E-state index in [0.717, 1.165) is 30.8 Å². The van der Waals surface area contributed by atoms with Gasteiger partial charge in [0.2, 0.25) is 0 Å². The van der Waals surface area contributed by atoms with Gasteiger partial charge in [-0.05, 0) is 37.6 Å². The summed E-state index contributed by atoms with van der Waals surface area (Å²) in [5, 5.41) is 0. The summed E-state index contributed by atoms with van der Waals surface area (Å²) in [5.41, 5.74) is 1.86. The molecule has 4 heteroatoms. The smallest absolute Gasteiger partial charge is 0.159 e. The molecule has 0 aromatic heterocycles. The van der Waals surface area contributed by atoms with E-state index in [1.54, 1.807) is 6.92 Å². The summed E-state index contributed by atoms with van der Waals surface area (Å²) >= 11 is 0. The lowest BCUT2D eigenvalue weighted by Crippen LogP contribution is -2.24. The standard InChI is InChI=1S/C12H16N2O2/c1-9(15)10-2-4-11(5-3-10)14-7-6-12(8-14)16-13/h2-5,12H,6-8,13H2,1H3. The summed E-state index contributed by atoms with van der Waals surface area (Å²) in [6.07, 6.45) is 1.07. The van der Waals surface area contributed by atoms with E-state index < -0.39 is 0 Å². The van der Waals surface area contributed by atoms with Crippen molar-refractivity contribution in [3.8, 4) is 0 Å². The van der Waals surface area contributed by atoms with Gasteiger partial charge in [0.25, 0.3) is 0 Å². The summed E-state index contributed by atoms with van der Waals surface area (Å²) in [4.78, 5) is 18.2. The molecular formula is C12H16N2O2. The molecule has 0 radical (unpaired) electrons. The second-order valence-corrected chi connectivity index (χ2v) is 4.10. The SMILES string of the molecule is CC(=O)c1ccc(N2CCC(ON)C2)cc1. The third kappa shape index (κ3) is 2.23. The molecule has 1 fully saturated rings. The third-order valence-electron chi connectivity index (χ3n) is 2.98. The molecule has 1 aromatic rings. The molecule has 0 amide bonds. The molecule has 1 heterocycles. The van der Waals surface area contributed by atoms with Crippen LogP contribution in [0.1, 0.15) is 23.7 Å². The van der Waals surface area contributed by atoms with Crippen molar-refractivity contribution in [1.82, 2.24) is 0 Å². The van der Waals surface area contributed by atoms with Crippen molar-refractivity contribution >= 4 is 11.5 Å². The van der Waals surface area contributed by atoms with E-state index in [0.29, 0.717) is 0 Å². The number of nitrogens with zero attached hydrogens (tertiary/aromatic N) is 1. The van der Waals surface area contributed by atoms with Crippen LogP contribution in [0.3, 0.4) is 0 Å². The number of nitrogens with two attached hydrogens (primary N) is 1. The predicted octanol–water partition coefficient (Wildman–Crippen LogP) is 1.36. The minimum Gasteiger partial charge on any atom is -0.369 e. The Bertz CT molecular complexity index is 375. The van der Waals surface area contributed by atoms with E-state index in [4.69, 9.17) is 10.7 Å².